The van der Waals surface area contributed by atoms with Crippen LogP contribution in [0.5, 0.6) is 0 Å². The molecule has 1 fully saturated rings. The average molecular weight is 254 g/mol. The van der Waals surface area contributed by atoms with Crippen LogP contribution >= 0.6 is 0 Å². The molecule has 1 saturated carbocycles. The fourth-order valence-electron chi connectivity index (χ4n) is 3.25. The lowest BCUT2D eigenvalue weighted by atomic mass is 9.83. The summed E-state index contributed by atoms with van der Waals surface area (Å²) in [5.74, 6) is 0.930. The summed E-state index contributed by atoms with van der Waals surface area (Å²) in [6, 6.07) is 0.761. The van der Waals surface area contributed by atoms with E-state index in [0.717, 1.165) is 18.5 Å². The Morgan fingerprint density at radius 3 is 2.28 bits per heavy atom. The maximum atomic E-state index is 6.08. The summed E-state index contributed by atoms with van der Waals surface area (Å²) in [4.78, 5) is 2.61. The molecule has 1 atom stereocenters. The van der Waals surface area contributed by atoms with Crippen LogP contribution in [-0.2, 0) is 0 Å². The van der Waals surface area contributed by atoms with Gasteiger partial charge in [-0.25, -0.2) is 0 Å². The molecule has 0 aromatic carbocycles. The third-order valence-corrected chi connectivity index (χ3v) is 5.14. The number of likely N-dealkylation sites (N-methyl/N-ethyl adjacent to an activating group) is 1. The van der Waals surface area contributed by atoms with E-state index >= 15 is 0 Å². The minimum absolute atomic E-state index is 0.209. The van der Waals surface area contributed by atoms with Crippen molar-refractivity contribution in [2.75, 3.05) is 13.6 Å². The fraction of sp³-hybridized carbons (Fsp3) is 1.00. The maximum absolute atomic E-state index is 6.08. The van der Waals surface area contributed by atoms with Crippen LogP contribution in [0.15, 0.2) is 0 Å². The van der Waals surface area contributed by atoms with Crippen molar-refractivity contribution >= 4 is 0 Å². The van der Waals surface area contributed by atoms with Crippen LogP contribution in [0, 0.1) is 5.92 Å². The number of hydrogen-bond donors (Lipinski definition) is 1. The van der Waals surface area contributed by atoms with E-state index in [0.29, 0.717) is 0 Å². The molecule has 18 heavy (non-hydrogen) atoms. The van der Waals surface area contributed by atoms with Crippen molar-refractivity contribution in [2.24, 2.45) is 11.7 Å². The summed E-state index contributed by atoms with van der Waals surface area (Å²) >= 11 is 0. The van der Waals surface area contributed by atoms with Gasteiger partial charge in [0.1, 0.15) is 0 Å². The summed E-state index contributed by atoms with van der Waals surface area (Å²) in [5.41, 5.74) is 6.29. The number of hydrogen-bond acceptors (Lipinski definition) is 2. The summed E-state index contributed by atoms with van der Waals surface area (Å²) in [6.45, 7) is 7.81. The van der Waals surface area contributed by atoms with Gasteiger partial charge >= 0.3 is 0 Å². The Hall–Kier alpha value is -0.0800. The number of unbranched alkanes of at least 4 members (excludes halogenated alkanes) is 2. The van der Waals surface area contributed by atoms with Gasteiger partial charge in [-0.3, -0.25) is 4.90 Å². The first kappa shape index (κ1) is 16.0. The highest BCUT2D eigenvalue weighted by atomic mass is 15.2. The number of nitrogens with zero attached hydrogens (tertiary/aromatic N) is 1. The van der Waals surface area contributed by atoms with Crippen molar-refractivity contribution in [2.45, 2.75) is 83.7 Å². The summed E-state index contributed by atoms with van der Waals surface area (Å²) in [6.07, 6.45) is 10.7. The van der Waals surface area contributed by atoms with Gasteiger partial charge in [0.25, 0.3) is 0 Å². The van der Waals surface area contributed by atoms with Crippen molar-refractivity contribution in [3.63, 3.8) is 0 Å². The highest BCUT2D eigenvalue weighted by Gasteiger charge is 2.33. The van der Waals surface area contributed by atoms with E-state index in [9.17, 15) is 0 Å². The Bertz CT molecular complexity index is 221. The molecule has 0 aromatic rings. The van der Waals surface area contributed by atoms with Gasteiger partial charge in [0, 0.05) is 18.1 Å². The highest BCUT2D eigenvalue weighted by molar-refractivity contribution is 4.90. The quantitative estimate of drug-likeness (QED) is 0.700. The van der Waals surface area contributed by atoms with Gasteiger partial charge in [0.05, 0.1) is 0 Å². The normalized spacial score (nSPS) is 28.3. The molecule has 2 N–H and O–H groups in total. The Morgan fingerprint density at radius 1 is 1.17 bits per heavy atom. The molecule has 0 aromatic heterocycles. The van der Waals surface area contributed by atoms with Gasteiger partial charge in [0.15, 0.2) is 0 Å². The molecule has 1 aliphatic carbocycles. The van der Waals surface area contributed by atoms with Crippen molar-refractivity contribution in [1.82, 2.24) is 4.90 Å². The van der Waals surface area contributed by atoms with Crippen molar-refractivity contribution in [3.8, 4) is 0 Å². The van der Waals surface area contributed by atoms with Crippen LogP contribution in [0.4, 0.5) is 0 Å². The Kier molecular flexibility index (Phi) is 6.65. The largest absolute Gasteiger partial charge is 0.329 e. The molecule has 2 heteroatoms. The third kappa shape index (κ3) is 4.24. The molecule has 0 amide bonds. The summed E-state index contributed by atoms with van der Waals surface area (Å²) < 4.78 is 0. The lowest BCUT2D eigenvalue weighted by Gasteiger charge is -2.45. The lowest BCUT2D eigenvalue weighted by molar-refractivity contribution is 0.0546. The monoisotopic (exact) mass is 254 g/mol. The Balaban J connectivity index is 2.51. The zero-order valence-electron chi connectivity index (χ0n) is 13.0. The summed E-state index contributed by atoms with van der Waals surface area (Å²) in [5, 5.41) is 0. The van der Waals surface area contributed by atoms with Crippen LogP contribution in [0.2, 0.25) is 0 Å². The van der Waals surface area contributed by atoms with E-state index in [1.807, 2.05) is 0 Å². The predicted octanol–water partition coefficient (Wildman–Crippen LogP) is 3.79. The molecule has 1 aliphatic rings. The van der Waals surface area contributed by atoms with Gasteiger partial charge in [-0.1, -0.05) is 33.1 Å². The van der Waals surface area contributed by atoms with Crippen LogP contribution < -0.4 is 5.73 Å². The zero-order chi connectivity index (χ0) is 13.6. The van der Waals surface area contributed by atoms with Gasteiger partial charge < -0.3 is 5.73 Å². The van der Waals surface area contributed by atoms with E-state index in [2.05, 4.69) is 32.7 Å². The van der Waals surface area contributed by atoms with Gasteiger partial charge in [0.2, 0.25) is 0 Å². The van der Waals surface area contributed by atoms with Gasteiger partial charge in [-0.15, -0.1) is 0 Å². The van der Waals surface area contributed by atoms with Crippen LogP contribution in [-0.4, -0.2) is 30.1 Å². The summed E-state index contributed by atoms with van der Waals surface area (Å²) in [7, 11) is 2.31. The third-order valence-electron chi connectivity index (χ3n) is 5.14. The molecular weight excluding hydrogens is 220 g/mol. The van der Waals surface area contributed by atoms with E-state index in [1.54, 1.807) is 0 Å². The van der Waals surface area contributed by atoms with E-state index in [1.165, 1.54) is 51.4 Å². The first-order valence-electron chi connectivity index (χ1n) is 7.96. The van der Waals surface area contributed by atoms with Gasteiger partial charge in [-0.2, -0.15) is 0 Å². The zero-order valence-corrected chi connectivity index (χ0v) is 13.0. The Labute approximate surface area is 114 Å². The number of rotatable bonds is 7. The van der Waals surface area contributed by atoms with Gasteiger partial charge in [-0.05, 0) is 52.0 Å². The molecular formula is C16H34N2. The van der Waals surface area contributed by atoms with Crippen molar-refractivity contribution in [1.29, 1.82) is 0 Å². The van der Waals surface area contributed by atoms with E-state index in [-0.39, 0.29) is 5.54 Å². The maximum Gasteiger partial charge on any atom is 0.0303 e. The van der Waals surface area contributed by atoms with E-state index in [4.69, 9.17) is 5.73 Å². The standard InChI is InChI=1S/C16H34N2/c1-5-6-7-12-16(3,13-17)18(4)15-10-8-14(2)9-11-15/h14-15H,5-13,17H2,1-4H3. The molecule has 0 aliphatic heterocycles. The second kappa shape index (κ2) is 7.49. The minimum atomic E-state index is 0.209. The highest BCUT2D eigenvalue weighted by Crippen LogP contribution is 2.31. The molecule has 1 rings (SSSR count). The van der Waals surface area contributed by atoms with Crippen LogP contribution in [0.25, 0.3) is 0 Å². The van der Waals surface area contributed by atoms with Crippen molar-refractivity contribution in [3.05, 3.63) is 0 Å². The van der Waals surface area contributed by atoms with Crippen molar-refractivity contribution < 1.29 is 0 Å². The molecule has 0 radical (unpaired) electrons. The molecule has 108 valence electrons. The molecule has 0 heterocycles. The minimum Gasteiger partial charge on any atom is -0.329 e. The molecule has 1 unspecified atom stereocenters. The lowest BCUT2D eigenvalue weighted by Crippen LogP contribution is -2.54. The van der Waals surface area contributed by atoms with Crippen LogP contribution in [0.1, 0.15) is 72.1 Å². The molecule has 0 spiro atoms. The Morgan fingerprint density at radius 2 is 1.78 bits per heavy atom. The second-order valence-electron chi connectivity index (χ2n) is 6.68. The molecule has 0 saturated heterocycles. The van der Waals surface area contributed by atoms with E-state index < -0.39 is 0 Å². The SMILES string of the molecule is CCCCCC(C)(CN)N(C)C1CCC(C)CC1. The smallest absolute Gasteiger partial charge is 0.0303 e. The topological polar surface area (TPSA) is 29.3 Å². The first-order chi connectivity index (χ1) is 8.53. The fourth-order valence-corrected chi connectivity index (χ4v) is 3.25. The van der Waals surface area contributed by atoms with Crippen LogP contribution in [0.3, 0.4) is 0 Å². The average Bonchev–Trinajstić information content (AvgIpc) is 2.39. The molecule has 0 bridgehead atoms. The second-order valence-corrected chi connectivity index (χ2v) is 6.68. The predicted molar refractivity (Wildman–Crippen MR) is 80.8 cm³/mol. The molecule has 2 nitrogen and oxygen atoms in total. The number of nitrogens with two attached hydrogens (primary N) is 1. The first-order valence-corrected chi connectivity index (χ1v) is 7.96.